The molecule has 8 N–H and O–H groups in total. The first kappa shape index (κ1) is 25.4. The predicted molar refractivity (Wildman–Crippen MR) is 137 cm³/mol. The molecule has 2 heterocycles. The van der Waals surface area contributed by atoms with Crippen LogP contribution in [0.1, 0.15) is 35.0 Å². The lowest BCUT2D eigenvalue weighted by Gasteiger charge is -2.41. The van der Waals surface area contributed by atoms with E-state index in [9.17, 15) is 35.4 Å². The zero-order valence-corrected chi connectivity index (χ0v) is 20.2. The van der Waals surface area contributed by atoms with Crippen molar-refractivity contribution >= 4 is 16.7 Å². The van der Waals surface area contributed by atoms with E-state index in [1.54, 1.807) is 12.1 Å². The Morgan fingerprint density at radius 3 is 2.37 bits per heavy atom. The molecule has 198 valence electrons. The van der Waals surface area contributed by atoms with Crippen molar-refractivity contribution in [3.63, 3.8) is 0 Å². The fourth-order valence-electron chi connectivity index (χ4n) is 4.84. The molecule has 1 aromatic heterocycles. The van der Waals surface area contributed by atoms with E-state index in [1.807, 2.05) is 12.1 Å². The van der Waals surface area contributed by atoms with Crippen molar-refractivity contribution in [2.24, 2.45) is 0 Å². The van der Waals surface area contributed by atoms with E-state index in [2.05, 4.69) is 0 Å². The van der Waals surface area contributed by atoms with Gasteiger partial charge in [0, 0.05) is 35.9 Å². The molecule has 3 atom stereocenters. The van der Waals surface area contributed by atoms with Gasteiger partial charge in [-0.2, -0.15) is 0 Å². The molecule has 1 aliphatic heterocycles. The van der Waals surface area contributed by atoms with Crippen LogP contribution >= 0.6 is 0 Å². The maximum Gasteiger partial charge on any atom is 0.196 e. The summed E-state index contributed by atoms with van der Waals surface area (Å²) in [5.41, 5.74) is 5.43. The molecule has 0 fully saturated rings. The molecule has 0 radical (unpaired) electrons. The number of rotatable bonds is 6. The Bertz CT molecular complexity index is 1540. The van der Waals surface area contributed by atoms with Gasteiger partial charge in [0.1, 0.15) is 51.9 Å². The first-order valence-corrected chi connectivity index (χ1v) is 12.0. The third-order valence-corrected chi connectivity index (χ3v) is 6.99. The minimum atomic E-state index is -1.51. The zero-order chi connectivity index (χ0) is 27.2. The fourth-order valence-corrected chi connectivity index (χ4v) is 4.84. The fraction of sp³-hybridized carbons (Fsp3) is 0.250. The molecule has 0 aliphatic carbocycles. The molecule has 1 aliphatic rings. The maximum absolute atomic E-state index is 12.9. The van der Waals surface area contributed by atoms with Gasteiger partial charge < -0.3 is 45.5 Å². The third-order valence-electron chi connectivity index (χ3n) is 6.99. The van der Waals surface area contributed by atoms with Gasteiger partial charge >= 0.3 is 0 Å². The van der Waals surface area contributed by atoms with Crippen LogP contribution in [0.3, 0.4) is 0 Å². The third kappa shape index (κ3) is 4.49. The number of nitrogen functional groups attached to an aromatic ring is 1. The second kappa shape index (κ2) is 9.56. The number of benzene rings is 3. The highest BCUT2D eigenvalue weighted by atomic mass is 16.5. The van der Waals surface area contributed by atoms with E-state index in [-0.39, 0.29) is 57.9 Å². The summed E-state index contributed by atoms with van der Waals surface area (Å²) in [6.45, 7) is -0.509. The Labute approximate surface area is 216 Å². The van der Waals surface area contributed by atoms with Crippen molar-refractivity contribution in [2.75, 3.05) is 12.3 Å². The predicted octanol–water partition coefficient (Wildman–Crippen LogP) is 2.23. The molecule has 10 nitrogen and oxygen atoms in total. The van der Waals surface area contributed by atoms with Gasteiger partial charge in [0.25, 0.3) is 0 Å². The molecular weight excluding hydrogens is 494 g/mol. The first-order chi connectivity index (χ1) is 18.1. The number of hydrogen-bond acceptors (Lipinski definition) is 10. The number of aliphatic hydroxyl groups excluding tert-OH is 3. The molecule has 5 rings (SSSR count). The number of hydrogen-bond donors (Lipinski definition) is 7. The molecule has 0 saturated carbocycles. The van der Waals surface area contributed by atoms with Crippen molar-refractivity contribution in [2.45, 2.75) is 37.1 Å². The van der Waals surface area contributed by atoms with E-state index in [4.69, 9.17) is 14.9 Å². The number of fused-ring (bicyclic) bond motifs is 2. The van der Waals surface area contributed by atoms with Crippen molar-refractivity contribution < 1.29 is 39.8 Å². The minimum Gasteiger partial charge on any atom is -0.508 e. The first-order valence-electron chi connectivity index (χ1n) is 12.0. The summed E-state index contributed by atoms with van der Waals surface area (Å²) in [7, 11) is 0. The number of anilines is 1. The zero-order valence-electron chi connectivity index (χ0n) is 20.2. The number of aliphatic hydroxyl groups is 3. The Kier molecular flexibility index (Phi) is 6.39. The lowest BCUT2D eigenvalue weighted by atomic mass is 9.83. The van der Waals surface area contributed by atoms with Crippen LogP contribution in [0.5, 0.6) is 23.0 Å². The second-order valence-corrected chi connectivity index (χ2v) is 9.56. The number of ether oxygens (including phenoxy) is 1. The van der Waals surface area contributed by atoms with E-state index in [0.717, 1.165) is 17.7 Å². The lowest BCUT2D eigenvalue weighted by molar-refractivity contribution is -0.101. The molecular formula is C28H27NO9. The van der Waals surface area contributed by atoms with Crippen molar-refractivity contribution in [1.82, 2.24) is 0 Å². The van der Waals surface area contributed by atoms with Crippen LogP contribution in [-0.2, 0) is 12.8 Å². The summed E-state index contributed by atoms with van der Waals surface area (Å²) in [4.78, 5) is 12.9. The largest absolute Gasteiger partial charge is 0.508 e. The van der Waals surface area contributed by atoms with Crippen LogP contribution in [0, 0.1) is 0 Å². The van der Waals surface area contributed by atoms with E-state index in [0.29, 0.717) is 12.1 Å². The van der Waals surface area contributed by atoms with Gasteiger partial charge in [-0.05, 0) is 48.2 Å². The topological polar surface area (TPSA) is 187 Å². The molecule has 0 bridgehead atoms. The van der Waals surface area contributed by atoms with E-state index < -0.39 is 35.6 Å². The maximum atomic E-state index is 12.9. The number of aromatic hydroxyl groups is 3. The normalized spacial score (nSPS) is 19.6. The summed E-state index contributed by atoms with van der Waals surface area (Å²) >= 11 is 0. The highest BCUT2D eigenvalue weighted by Gasteiger charge is 2.45. The van der Waals surface area contributed by atoms with Gasteiger partial charge in [0.05, 0.1) is 6.61 Å². The number of nitrogens with two attached hydrogens (primary N) is 1. The second-order valence-electron chi connectivity index (χ2n) is 9.56. The van der Waals surface area contributed by atoms with Crippen molar-refractivity contribution in [3.05, 3.63) is 87.3 Å². The van der Waals surface area contributed by atoms with Crippen LogP contribution in [0.25, 0.3) is 11.0 Å². The average molecular weight is 522 g/mol. The Hall–Kier alpha value is -4.25. The Balaban J connectivity index is 1.53. The van der Waals surface area contributed by atoms with Gasteiger partial charge in [-0.1, -0.05) is 12.1 Å². The molecule has 0 saturated heterocycles. The van der Waals surface area contributed by atoms with Crippen LogP contribution in [0.15, 0.2) is 63.8 Å². The molecule has 10 heteroatoms. The lowest BCUT2D eigenvalue weighted by Crippen LogP contribution is -2.54. The quantitative estimate of drug-likeness (QED) is 0.185. The van der Waals surface area contributed by atoms with Crippen LogP contribution in [0.2, 0.25) is 0 Å². The number of phenols is 3. The highest BCUT2D eigenvalue weighted by molar-refractivity contribution is 5.87. The number of phenolic OH excluding ortho intramolecular Hbond substituents is 3. The Morgan fingerprint density at radius 1 is 1.03 bits per heavy atom. The van der Waals surface area contributed by atoms with Gasteiger partial charge in [-0.25, -0.2) is 0 Å². The minimum absolute atomic E-state index is 0.0773. The van der Waals surface area contributed by atoms with Crippen LogP contribution < -0.4 is 15.9 Å². The molecule has 38 heavy (non-hydrogen) atoms. The van der Waals surface area contributed by atoms with Gasteiger partial charge in [-0.3, -0.25) is 4.79 Å². The summed E-state index contributed by atoms with van der Waals surface area (Å²) in [5.74, 6) is -1.08. The van der Waals surface area contributed by atoms with E-state index >= 15 is 0 Å². The van der Waals surface area contributed by atoms with Crippen molar-refractivity contribution in [3.8, 4) is 23.0 Å². The van der Waals surface area contributed by atoms with Gasteiger partial charge in [-0.15, -0.1) is 0 Å². The molecule has 0 unspecified atom stereocenters. The standard InChI is InChI=1S/C28H27NO9/c29-16-3-1-14(2-4-16)5-6-28(13-30)24(34)10-19-21(38-28)12-22-25(27(19)36)20(33)11-23(37-22)26(35)15-7-17(31)9-18(32)8-15/h1-4,7-9,11-12,24,26,30-32,34-36H,5-6,10,13,29H2/t24-,26-,28-/m1/s1. The van der Waals surface area contributed by atoms with Crippen LogP contribution in [0.4, 0.5) is 5.69 Å². The molecule has 4 aromatic rings. The molecule has 3 aromatic carbocycles. The summed E-state index contributed by atoms with van der Waals surface area (Å²) in [6.07, 6.45) is -2.05. The Morgan fingerprint density at radius 2 is 1.71 bits per heavy atom. The smallest absolute Gasteiger partial charge is 0.196 e. The molecule has 0 spiro atoms. The summed E-state index contributed by atoms with van der Waals surface area (Å²) in [5, 5.41) is 62.2. The average Bonchev–Trinajstić information content (AvgIpc) is 2.87. The van der Waals surface area contributed by atoms with Crippen molar-refractivity contribution in [1.29, 1.82) is 0 Å². The number of aryl methyl sites for hydroxylation is 1. The highest BCUT2D eigenvalue weighted by Crippen LogP contribution is 2.44. The summed E-state index contributed by atoms with van der Waals surface area (Å²) < 4.78 is 11.9. The SMILES string of the molecule is Nc1ccc(CC[C@]2(CO)Oc3cc4oc([C@H](O)c5cc(O)cc(O)c5)cc(=O)c4c(O)c3C[C@H]2O)cc1. The molecule has 0 amide bonds. The monoisotopic (exact) mass is 521 g/mol. The van der Waals surface area contributed by atoms with Gasteiger partial charge in [0.15, 0.2) is 11.0 Å². The van der Waals surface area contributed by atoms with E-state index in [1.165, 1.54) is 18.2 Å². The van der Waals surface area contributed by atoms with Crippen LogP contribution in [-0.4, -0.2) is 49.0 Å². The summed E-state index contributed by atoms with van der Waals surface area (Å²) in [6, 6.07) is 13.1. The van der Waals surface area contributed by atoms with Gasteiger partial charge in [0.2, 0.25) is 0 Å².